The Labute approximate surface area is 147 Å². The van der Waals surface area contributed by atoms with E-state index in [0.29, 0.717) is 19.7 Å². The Bertz CT molecular complexity index is 831. The van der Waals surface area contributed by atoms with Crippen molar-refractivity contribution in [3.63, 3.8) is 0 Å². The maximum absolute atomic E-state index is 12.3. The molecule has 0 fully saturated rings. The van der Waals surface area contributed by atoms with Crippen molar-refractivity contribution in [3.8, 4) is 5.75 Å². The molecule has 0 radical (unpaired) electrons. The molecule has 0 aliphatic heterocycles. The third kappa shape index (κ3) is 4.07. The van der Waals surface area contributed by atoms with Gasteiger partial charge in [-0.3, -0.25) is 9.88 Å². The number of aromatic nitrogens is 1. The number of carbonyl (C=O) groups is 1. The number of para-hydroxylation sites is 2. The number of hydrogen-bond acceptors (Lipinski definition) is 3. The molecule has 128 valence electrons. The first-order valence-corrected chi connectivity index (χ1v) is 8.36. The molecule has 0 bridgehead atoms. The van der Waals surface area contributed by atoms with E-state index in [0.717, 1.165) is 22.3 Å². The first-order chi connectivity index (χ1) is 12.3. The first kappa shape index (κ1) is 16.8. The van der Waals surface area contributed by atoms with Gasteiger partial charge in [-0.05, 0) is 31.2 Å². The van der Waals surface area contributed by atoms with E-state index in [2.05, 4.69) is 10.3 Å². The van der Waals surface area contributed by atoms with E-state index in [1.54, 1.807) is 11.1 Å². The lowest BCUT2D eigenvalue weighted by atomic mass is 10.2. The molecule has 1 heterocycles. The standard InChI is InChI=1S/C20H21N3O2/c1-2-23(17-10-4-3-5-11-17)20(24)22-14-15-25-18-12-6-8-16-9-7-13-21-19(16)18/h3-13H,2,14-15H2,1H3,(H,22,24). The summed E-state index contributed by atoms with van der Waals surface area (Å²) in [5.74, 6) is 0.725. The highest BCUT2D eigenvalue weighted by Gasteiger charge is 2.12. The number of benzene rings is 2. The molecule has 5 nitrogen and oxygen atoms in total. The summed E-state index contributed by atoms with van der Waals surface area (Å²) in [5.41, 5.74) is 1.71. The highest BCUT2D eigenvalue weighted by atomic mass is 16.5. The van der Waals surface area contributed by atoms with Crippen molar-refractivity contribution in [1.29, 1.82) is 0 Å². The maximum atomic E-state index is 12.3. The van der Waals surface area contributed by atoms with Crippen LogP contribution in [0, 0.1) is 0 Å². The number of carbonyl (C=O) groups excluding carboxylic acids is 1. The van der Waals surface area contributed by atoms with Crippen molar-refractivity contribution in [2.75, 3.05) is 24.6 Å². The smallest absolute Gasteiger partial charge is 0.321 e. The Morgan fingerprint density at radius 3 is 2.68 bits per heavy atom. The molecule has 2 amide bonds. The molecular weight excluding hydrogens is 314 g/mol. The SMILES string of the molecule is CCN(C(=O)NCCOc1cccc2cccnc12)c1ccccc1. The van der Waals surface area contributed by atoms with E-state index in [-0.39, 0.29) is 6.03 Å². The Hall–Kier alpha value is -3.08. The quantitative estimate of drug-likeness (QED) is 0.696. The number of amides is 2. The predicted octanol–water partition coefficient (Wildman–Crippen LogP) is 3.85. The van der Waals surface area contributed by atoms with Gasteiger partial charge in [0.25, 0.3) is 0 Å². The van der Waals surface area contributed by atoms with Gasteiger partial charge < -0.3 is 10.1 Å². The van der Waals surface area contributed by atoms with Crippen LogP contribution in [-0.4, -0.2) is 30.7 Å². The summed E-state index contributed by atoms with van der Waals surface area (Å²) in [6.45, 7) is 3.36. The fourth-order valence-electron chi connectivity index (χ4n) is 2.66. The summed E-state index contributed by atoms with van der Waals surface area (Å²) in [5, 5.41) is 3.92. The van der Waals surface area contributed by atoms with E-state index in [4.69, 9.17) is 4.74 Å². The third-order valence-electron chi connectivity index (χ3n) is 3.86. The molecule has 1 N–H and O–H groups in total. The minimum absolute atomic E-state index is 0.131. The van der Waals surface area contributed by atoms with Crippen LogP contribution in [-0.2, 0) is 0 Å². The number of nitrogens with zero attached hydrogens (tertiary/aromatic N) is 2. The monoisotopic (exact) mass is 335 g/mol. The average Bonchev–Trinajstić information content (AvgIpc) is 2.67. The second kappa shape index (κ2) is 8.15. The molecule has 5 heteroatoms. The topological polar surface area (TPSA) is 54.5 Å². The van der Waals surface area contributed by atoms with Gasteiger partial charge in [0.1, 0.15) is 17.9 Å². The Balaban J connectivity index is 1.55. The van der Waals surface area contributed by atoms with E-state index < -0.39 is 0 Å². The van der Waals surface area contributed by atoms with E-state index in [1.165, 1.54) is 0 Å². The Morgan fingerprint density at radius 2 is 1.88 bits per heavy atom. The summed E-state index contributed by atoms with van der Waals surface area (Å²) in [4.78, 5) is 18.4. The van der Waals surface area contributed by atoms with Gasteiger partial charge in [0.15, 0.2) is 0 Å². The largest absolute Gasteiger partial charge is 0.489 e. The molecule has 0 aliphatic rings. The lowest BCUT2D eigenvalue weighted by Crippen LogP contribution is -2.41. The van der Waals surface area contributed by atoms with Crippen molar-refractivity contribution in [2.45, 2.75) is 6.92 Å². The normalized spacial score (nSPS) is 10.4. The van der Waals surface area contributed by atoms with Gasteiger partial charge in [0.2, 0.25) is 0 Å². The van der Waals surface area contributed by atoms with Crippen molar-refractivity contribution >= 4 is 22.6 Å². The molecule has 2 aromatic carbocycles. The zero-order chi connectivity index (χ0) is 17.5. The van der Waals surface area contributed by atoms with Gasteiger partial charge in [-0.1, -0.05) is 36.4 Å². The summed E-state index contributed by atoms with van der Waals surface area (Å²) in [7, 11) is 0. The summed E-state index contributed by atoms with van der Waals surface area (Å²) >= 11 is 0. The van der Waals surface area contributed by atoms with Crippen LogP contribution in [0.15, 0.2) is 66.9 Å². The van der Waals surface area contributed by atoms with Gasteiger partial charge in [-0.25, -0.2) is 4.79 Å². The van der Waals surface area contributed by atoms with E-state index in [9.17, 15) is 4.79 Å². The number of fused-ring (bicyclic) bond motifs is 1. The maximum Gasteiger partial charge on any atom is 0.321 e. The number of urea groups is 1. The van der Waals surface area contributed by atoms with Gasteiger partial charge in [-0.15, -0.1) is 0 Å². The summed E-state index contributed by atoms with van der Waals surface area (Å²) < 4.78 is 5.79. The average molecular weight is 335 g/mol. The zero-order valence-electron chi connectivity index (χ0n) is 14.2. The van der Waals surface area contributed by atoms with Gasteiger partial charge in [-0.2, -0.15) is 0 Å². The first-order valence-electron chi connectivity index (χ1n) is 8.36. The Morgan fingerprint density at radius 1 is 1.08 bits per heavy atom. The number of nitrogens with one attached hydrogen (secondary N) is 1. The van der Waals surface area contributed by atoms with Crippen LogP contribution in [0.3, 0.4) is 0 Å². The molecule has 0 saturated carbocycles. The number of rotatable bonds is 6. The summed E-state index contributed by atoms with van der Waals surface area (Å²) in [6.07, 6.45) is 1.75. The molecule has 0 atom stereocenters. The molecular formula is C20H21N3O2. The van der Waals surface area contributed by atoms with Crippen LogP contribution in [0.4, 0.5) is 10.5 Å². The fourth-order valence-corrected chi connectivity index (χ4v) is 2.66. The van der Waals surface area contributed by atoms with Crippen molar-refractivity contribution in [3.05, 3.63) is 66.9 Å². The molecule has 25 heavy (non-hydrogen) atoms. The molecule has 0 spiro atoms. The Kier molecular flexibility index (Phi) is 5.46. The number of hydrogen-bond donors (Lipinski definition) is 1. The lowest BCUT2D eigenvalue weighted by Gasteiger charge is -2.21. The highest BCUT2D eigenvalue weighted by molar-refractivity contribution is 5.91. The zero-order valence-corrected chi connectivity index (χ0v) is 14.2. The minimum Gasteiger partial charge on any atom is -0.489 e. The molecule has 0 unspecified atom stereocenters. The van der Waals surface area contributed by atoms with Crippen molar-refractivity contribution in [1.82, 2.24) is 10.3 Å². The van der Waals surface area contributed by atoms with Crippen LogP contribution >= 0.6 is 0 Å². The van der Waals surface area contributed by atoms with Crippen molar-refractivity contribution < 1.29 is 9.53 Å². The highest BCUT2D eigenvalue weighted by Crippen LogP contribution is 2.22. The van der Waals surface area contributed by atoms with Gasteiger partial charge in [0.05, 0.1) is 6.54 Å². The summed E-state index contributed by atoms with van der Waals surface area (Å²) in [6, 6.07) is 19.2. The van der Waals surface area contributed by atoms with Gasteiger partial charge in [0, 0.05) is 23.8 Å². The van der Waals surface area contributed by atoms with Gasteiger partial charge >= 0.3 is 6.03 Å². The van der Waals surface area contributed by atoms with Crippen LogP contribution in [0.5, 0.6) is 5.75 Å². The van der Waals surface area contributed by atoms with Crippen LogP contribution in [0.2, 0.25) is 0 Å². The molecule has 3 rings (SSSR count). The van der Waals surface area contributed by atoms with Crippen molar-refractivity contribution in [2.24, 2.45) is 0 Å². The fraction of sp³-hybridized carbons (Fsp3) is 0.200. The molecule has 0 aliphatic carbocycles. The number of anilines is 1. The van der Waals surface area contributed by atoms with Crippen LogP contribution in [0.25, 0.3) is 10.9 Å². The third-order valence-corrected chi connectivity index (χ3v) is 3.86. The number of ether oxygens (including phenoxy) is 1. The van der Waals surface area contributed by atoms with E-state index in [1.807, 2.05) is 67.6 Å². The molecule has 0 saturated heterocycles. The van der Waals surface area contributed by atoms with E-state index >= 15 is 0 Å². The van der Waals surface area contributed by atoms with Crippen LogP contribution in [0.1, 0.15) is 6.92 Å². The predicted molar refractivity (Wildman–Crippen MR) is 100 cm³/mol. The minimum atomic E-state index is -0.131. The molecule has 3 aromatic rings. The number of pyridine rings is 1. The second-order valence-corrected chi connectivity index (χ2v) is 5.49. The lowest BCUT2D eigenvalue weighted by molar-refractivity contribution is 0.242. The second-order valence-electron chi connectivity index (χ2n) is 5.49. The molecule has 1 aromatic heterocycles. The van der Waals surface area contributed by atoms with Crippen LogP contribution < -0.4 is 15.0 Å².